The zero-order valence-corrected chi connectivity index (χ0v) is 15.1. The van der Waals surface area contributed by atoms with Crippen LogP contribution in [0, 0.1) is 0 Å². The van der Waals surface area contributed by atoms with Gasteiger partial charge in [-0.2, -0.15) is 0 Å². The number of carbonyl (C=O) groups is 1. The van der Waals surface area contributed by atoms with Gasteiger partial charge < -0.3 is 10.8 Å². The quantitative estimate of drug-likeness (QED) is 0.159. The van der Waals surface area contributed by atoms with E-state index in [-0.39, 0.29) is 5.76 Å². The van der Waals surface area contributed by atoms with Gasteiger partial charge in [-0.05, 0) is 18.9 Å². The van der Waals surface area contributed by atoms with Crippen LogP contribution < -0.4 is 5.73 Å². The van der Waals surface area contributed by atoms with E-state index in [0.29, 0.717) is 0 Å². The molecule has 0 fully saturated rings. The van der Waals surface area contributed by atoms with Crippen LogP contribution in [0.1, 0.15) is 96.8 Å². The van der Waals surface area contributed by atoms with Crippen molar-refractivity contribution in [1.29, 1.82) is 0 Å². The highest BCUT2D eigenvalue weighted by atomic mass is 16.3. The Morgan fingerprint density at radius 1 is 0.826 bits per heavy atom. The predicted molar refractivity (Wildman–Crippen MR) is 99.4 cm³/mol. The normalized spacial score (nSPS) is 12.1. The van der Waals surface area contributed by atoms with Gasteiger partial charge in [-0.25, -0.2) is 0 Å². The summed E-state index contributed by atoms with van der Waals surface area (Å²) in [7, 11) is 0. The van der Waals surface area contributed by atoms with Gasteiger partial charge in [-0.3, -0.25) is 4.79 Å². The lowest BCUT2D eigenvalue weighted by Gasteiger charge is -2.02. The molecule has 134 valence electrons. The van der Waals surface area contributed by atoms with E-state index in [1.54, 1.807) is 6.08 Å². The minimum Gasteiger partial charge on any atom is -0.503 e. The number of aliphatic hydroxyl groups excluding tert-OH is 1. The number of aliphatic hydroxyl groups is 1. The van der Waals surface area contributed by atoms with Crippen molar-refractivity contribution in [3.63, 3.8) is 0 Å². The molecule has 0 saturated carbocycles. The summed E-state index contributed by atoms with van der Waals surface area (Å²) < 4.78 is 0. The molecule has 0 rings (SSSR count). The van der Waals surface area contributed by atoms with Crippen molar-refractivity contribution in [3.05, 3.63) is 24.0 Å². The maximum absolute atomic E-state index is 10.6. The molecular weight excluding hydrogens is 286 g/mol. The summed E-state index contributed by atoms with van der Waals surface area (Å²) in [6, 6.07) is 0. The maximum Gasteiger partial charge on any atom is 0.283 e. The fraction of sp³-hybridized carbons (Fsp3) is 0.750. The van der Waals surface area contributed by atoms with Gasteiger partial charge in [0, 0.05) is 0 Å². The standard InChI is InChI=1S/C20H37NO2/c1-2-3-4-5-6-7-8-9-10-11-12-13-14-15-16-17-18-19(22)20(21)23/h16-18,22H,2-15H2,1H3,(H2,21,23). The fourth-order valence-corrected chi connectivity index (χ4v) is 2.62. The van der Waals surface area contributed by atoms with Gasteiger partial charge in [-0.1, -0.05) is 96.1 Å². The zero-order valence-electron chi connectivity index (χ0n) is 15.1. The van der Waals surface area contributed by atoms with Gasteiger partial charge >= 0.3 is 0 Å². The van der Waals surface area contributed by atoms with E-state index in [0.717, 1.165) is 6.42 Å². The Balaban J connectivity index is 3.21. The minimum atomic E-state index is -0.782. The van der Waals surface area contributed by atoms with Crippen LogP contribution in [0.15, 0.2) is 24.0 Å². The lowest BCUT2D eigenvalue weighted by atomic mass is 10.0. The Labute approximate surface area is 143 Å². The van der Waals surface area contributed by atoms with Crippen molar-refractivity contribution in [2.24, 2.45) is 5.73 Å². The largest absolute Gasteiger partial charge is 0.503 e. The number of hydrogen-bond acceptors (Lipinski definition) is 2. The molecule has 0 bridgehead atoms. The molecule has 0 spiro atoms. The number of unbranched alkanes of at least 4 members (excludes halogenated alkanes) is 13. The molecule has 23 heavy (non-hydrogen) atoms. The first kappa shape index (κ1) is 21.8. The first-order valence-electron chi connectivity index (χ1n) is 9.54. The van der Waals surface area contributed by atoms with Crippen molar-refractivity contribution in [2.45, 2.75) is 96.8 Å². The molecule has 0 unspecified atom stereocenters. The van der Waals surface area contributed by atoms with E-state index in [1.165, 1.54) is 89.5 Å². The molecular formula is C20H37NO2. The first-order valence-corrected chi connectivity index (χ1v) is 9.54. The monoisotopic (exact) mass is 323 g/mol. The maximum atomic E-state index is 10.6. The van der Waals surface area contributed by atoms with Crippen LogP contribution in [0.5, 0.6) is 0 Å². The third-order valence-electron chi connectivity index (χ3n) is 4.12. The molecule has 0 radical (unpaired) electrons. The average molecular weight is 324 g/mol. The van der Waals surface area contributed by atoms with E-state index >= 15 is 0 Å². The van der Waals surface area contributed by atoms with Crippen molar-refractivity contribution in [3.8, 4) is 0 Å². The van der Waals surface area contributed by atoms with Crippen molar-refractivity contribution in [2.75, 3.05) is 0 Å². The number of hydrogen-bond donors (Lipinski definition) is 2. The van der Waals surface area contributed by atoms with Gasteiger partial charge in [0.25, 0.3) is 5.91 Å². The highest BCUT2D eigenvalue weighted by Crippen LogP contribution is 2.13. The number of primary amides is 1. The molecule has 0 heterocycles. The third kappa shape index (κ3) is 16.9. The molecule has 0 saturated heterocycles. The van der Waals surface area contributed by atoms with Gasteiger partial charge in [0.05, 0.1) is 0 Å². The number of rotatable bonds is 16. The Bertz CT molecular complexity index is 335. The summed E-state index contributed by atoms with van der Waals surface area (Å²) in [5, 5.41) is 9.08. The van der Waals surface area contributed by atoms with E-state index in [4.69, 9.17) is 10.8 Å². The molecule has 0 aromatic carbocycles. The summed E-state index contributed by atoms with van der Waals surface area (Å²) in [6.07, 6.45) is 23.7. The Morgan fingerprint density at radius 3 is 1.70 bits per heavy atom. The van der Waals surface area contributed by atoms with E-state index < -0.39 is 5.91 Å². The minimum absolute atomic E-state index is 0.383. The highest BCUT2D eigenvalue weighted by molar-refractivity contribution is 5.89. The van der Waals surface area contributed by atoms with Crippen LogP contribution in [0.25, 0.3) is 0 Å². The Hall–Kier alpha value is -1.25. The second kappa shape index (κ2) is 17.1. The number of allylic oxidation sites excluding steroid dienone is 3. The molecule has 1 amide bonds. The highest BCUT2D eigenvalue weighted by Gasteiger charge is 1.96. The summed E-state index contributed by atoms with van der Waals surface area (Å²) in [5.74, 6) is -1.16. The topological polar surface area (TPSA) is 63.3 Å². The van der Waals surface area contributed by atoms with E-state index in [2.05, 4.69) is 6.92 Å². The third-order valence-corrected chi connectivity index (χ3v) is 4.12. The number of amides is 1. The van der Waals surface area contributed by atoms with Crippen LogP contribution in [0.4, 0.5) is 0 Å². The zero-order chi connectivity index (χ0) is 17.2. The summed E-state index contributed by atoms with van der Waals surface area (Å²) >= 11 is 0. The molecule has 0 aliphatic heterocycles. The molecule has 0 atom stereocenters. The lowest BCUT2D eigenvalue weighted by Crippen LogP contribution is -2.12. The van der Waals surface area contributed by atoms with Crippen molar-refractivity contribution in [1.82, 2.24) is 0 Å². The summed E-state index contributed by atoms with van der Waals surface area (Å²) in [6.45, 7) is 2.27. The molecule has 3 nitrogen and oxygen atoms in total. The van der Waals surface area contributed by atoms with Gasteiger partial charge in [0.2, 0.25) is 0 Å². The predicted octanol–water partition coefficient (Wildman–Crippen LogP) is 5.95. The first-order chi connectivity index (χ1) is 11.2. The van der Waals surface area contributed by atoms with E-state index in [9.17, 15) is 4.79 Å². The fourth-order valence-electron chi connectivity index (χ4n) is 2.62. The average Bonchev–Trinajstić information content (AvgIpc) is 2.54. The van der Waals surface area contributed by atoms with Gasteiger partial charge in [0.1, 0.15) is 0 Å². The lowest BCUT2D eigenvalue weighted by molar-refractivity contribution is -0.116. The van der Waals surface area contributed by atoms with Crippen molar-refractivity contribution < 1.29 is 9.90 Å². The van der Waals surface area contributed by atoms with Crippen LogP contribution in [0.3, 0.4) is 0 Å². The van der Waals surface area contributed by atoms with E-state index in [1.807, 2.05) is 6.08 Å². The Morgan fingerprint density at radius 2 is 1.26 bits per heavy atom. The van der Waals surface area contributed by atoms with Crippen LogP contribution in [-0.4, -0.2) is 11.0 Å². The van der Waals surface area contributed by atoms with Gasteiger partial charge in [-0.15, -0.1) is 0 Å². The summed E-state index contributed by atoms with van der Waals surface area (Å²) in [4.78, 5) is 10.6. The summed E-state index contributed by atoms with van der Waals surface area (Å²) in [5.41, 5.74) is 4.91. The van der Waals surface area contributed by atoms with Crippen LogP contribution >= 0.6 is 0 Å². The molecule has 3 heteroatoms. The molecule has 0 aliphatic rings. The second-order valence-electron chi connectivity index (χ2n) is 6.38. The van der Waals surface area contributed by atoms with Crippen molar-refractivity contribution >= 4 is 5.91 Å². The Kier molecular flexibility index (Phi) is 16.2. The smallest absolute Gasteiger partial charge is 0.283 e. The van der Waals surface area contributed by atoms with Crippen LogP contribution in [-0.2, 0) is 4.79 Å². The van der Waals surface area contributed by atoms with Gasteiger partial charge in [0.15, 0.2) is 5.76 Å². The molecule has 0 aromatic heterocycles. The second-order valence-corrected chi connectivity index (χ2v) is 6.38. The molecule has 0 aliphatic carbocycles. The molecule has 0 aromatic rings. The van der Waals surface area contributed by atoms with Crippen LogP contribution in [0.2, 0.25) is 0 Å². The number of carbonyl (C=O) groups excluding carboxylic acids is 1. The molecule has 3 N–H and O–H groups in total. The number of nitrogens with two attached hydrogens (primary N) is 1. The SMILES string of the molecule is CCCCCCCCCCCCCCCC=CC=C(O)C(N)=O.